The Morgan fingerprint density at radius 2 is 2.06 bits per heavy atom. The Hall–Kier alpha value is -3.32. The van der Waals surface area contributed by atoms with Gasteiger partial charge in [0.15, 0.2) is 5.78 Å². The van der Waals surface area contributed by atoms with Crippen molar-refractivity contribution >= 4 is 16.7 Å². The summed E-state index contributed by atoms with van der Waals surface area (Å²) in [7, 11) is 1.95. The number of hydrogen-bond acceptors (Lipinski definition) is 5. The van der Waals surface area contributed by atoms with Crippen LogP contribution in [0.2, 0.25) is 0 Å². The second kappa shape index (κ2) is 7.74. The summed E-state index contributed by atoms with van der Waals surface area (Å²) < 4.78 is 3.57. The zero-order valence-electron chi connectivity index (χ0n) is 17.7. The predicted molar refractivity (Wildman–Crippen MR) is 118 cm³/mol. The normalized spacial score (nSPS) is 14.8. The molecule has 1 N–H and O–H groups in total. The van der Waals surface area contributed by atoms with Crippen LogP contribution in [0.3, 0.4) is 0 Å². The van der Waals surface area contributed by atoms with Crippen LogP contribution >= 0.6 is 0 Å². The third-order valence-corrected chi connectivity index (χ3v) is 5.79. The predicted octanol–water partition coefficient (Wildman–Crippen LogP) is 3.52. The molecule has 0 spiro atoms. The molecule has 0 saturated heterocycles. The monoisotopic (exact) mass is 415 g/mol. The zero-order valence-corrected chi connectivity index (χ0v) is 17.7. The molecule has 1 aliphatic carbocycles. The first-order chi connectivity index (χ1) is 15.0. The van der Waals surface area contributed by atoms with Crippen LogP contribution in [0.4, 0.5) is 0 Å². The van der Waals surface area contributed by atoms with Crippen molar-refractivity contribution in [2.75, 3.05) is 0 Å². The minimum atomic E-state index is -0.480. The molecule has 1 fully saturated rings. The third-order valence-electron chi connectivity index (χ3n) is 5.79. The van der Waals surface area contributed by atoms with Gasteiger partial charge in [-0.15, -0.1) is 0 Å². The van der Waals surface area contributed by atoms with Gasteiger partial charge < -0.3 is 5.11 Å². The van der Waals surface area contributed by atoms with Crippen molar-refractivity contribution in [3.8, 4) is 11.3 Å². The van der Waals surface area contributed by atoms with Gasteiger partial charge in [0.1, 0.15) is 5.69 Å². The maximum atomic E-state index is 13.1. The van der Waals surface area contributed by atoms with E-state index in [4.69, 9.17) is 0 Å². The van der Waals surface area contributed by atoms with Crippen LogP contribution in [0.25, 0.3) is 22.2 Å². The number of aryl methyl sites for hydroxylation is 1. The molecule has 1 aliphatic rings. The second-order valence-electron chi connectivity index (χ2n) is 8.46. The van der Waals surface area contributed by atoms with Crippen LogP contribution < -0.4 is 0 Å². The molecule has 31 heavy (non-hydrogen) atoms. The molecule has 5 rings (SSSR count). The van der Waals surface area contributed by atoms with Gasteiger partial charge in [-0.05, 0) is 61.1 Å². The Morgan fingerprint density at radius 1 is 1.23 bits per heavy atom. The molecule has 0 bridgehead atoms. The number of benzene rings is 1. The van der Waals surface area contributed by atoms with E-state index < -0.39 is 6.10 Å². The van der Waals surface area contributed by atoms with E-state index in [9.17, 15) is 9.90 Å². The Labute approximate surface area is 180 Å². The van der Waals surface area contributed by atoms with E-state index in [2.05, 4.69) is 27.3 Å². The number of aliphatic hydroxyl groups is 1. The van der Waals surface area contributed by atoms with Gasteiger partial charge in [-0.1, -0.05) is 6.07 Å². The van der Waals surface area contributed by atoms with Crippen LogP contribution in [0.15, 0.2) is 48.9 Å². The molecule has 7 heteroatoms. The minimum absolute atomic E-state index is 0.00311. The van der Waals surface area contributed by atoms with Crippen LogP contribution in [-0.4, -0.2) is 41.5 Å². The molecule has 1 aromatic carbocycles. The van der Waals surface area contributed by atoms with Crippen molar-refractivity contribution in [3.63, 3.8) is 0 Å². The Bertz CT molecular complexity index is 1270. The lowest BCUT2D eigenvalue weighted by molar-refractivity contribution is 0.0988. The number of ketones is 1. The van der Waals surface area contributed by atoms with Gasteiger partial charge in [0.05, 0.1) is 36.3 Å². The molecule has 1 atom stereocenters. The fourth-order valence-electron chi connectivity index (χ4n) is 4.07. The van der Waals surface area contributed by atoms with Crippen LogP contribution in [0.5, 0.6) is 0 Å². The van der Waals surface area contributed by atoms with Crippen molar-refractivity contribution in [2.24, 2.45) is 7.05 Å². The van der Waals surface area contributed by atoms with Gasteiger partial charge >= 0.3 is 0 Å². The highest BCUT2D eigenvalue weighted by atomic mass is 16.3. The molecule has 1 saturated carbocycles. The summed E-state index contributed by atoms with van der Waals surface area (Å²) in [6, 6.07) is 9.80. The maximum Gasteiger partial charge on any atom is 0.185 e. The fraction of sp³-hybridized carbons (Fsp3) is 0.333. The number of aliphatic hydroxyl groups excluding tert-OH is 1. The van der Waals surface area contributed by atoms with Gasteiger partial charge in [0.25, 0.3) is 0 Å². The first kappa shape index (κ1) is 19.6. The first-order valence-corrected chi connectivity index (χ1v) is 10.6. The summed E-state index contributed by atoms with van der Waals surface area (Å²) in [5, 5.41) is 19.2. The lowest BCUT2D eigenvalue weighted by atomic mass is 9.96. The largest absolute Gasteiger partial charge is 0.391 e. The van der Waals surface area contributed by atoms with E-state index in [0.717, 1.165) is 22.0 Å². The van der Waals surface area contributed by atoms with Crippen molar-refractivity contribution in [3.05, 3.63) is 65.7 Å². The molecule has 7 nitrogen and oxygen atoms in total. The fourth-order valence-corrected chi connectivity index (χ4v) is 4.07. The van der Waals surface area contributed by atoms with E-state index >= 15 is 0 Å². The van der Waals surface area contributed by atoms with Gasteiger partial charge in [-0.25, -0.2) is 4.98 Å². The average molecular weight is 415 g/mol. The van der Waals surface area contributed by atoms with E-state index in [1.165, 1.54) is 18.4 Å². The number of carbonyl (C=O) groups excluding carboxylic acids is 1. The third kappa shape index (κ3) is 4.01. The highest BCUT2D eigenvalue weighted by molar-refractivity contribution is 5.97. The number of carbonyl (C=O) groups is 1. The Morgan fingerprint density at radius 3 is 2.84 bits per heavy atom. The van der Waals surface area contributed by atoms with Gasteiger partial charge in [-0.3, -0.25) is 14.2 Å². The van der Waals surface area contributed by atoms with E-state index in [0.29, 0.717) is 30.3 Å². The van der Waals surface area contributed by atoms with Crippen molar-refractivity contribution in [1.29, 1.82) is 0 Å². The zero-order chi connectivity index (χ0) is 21.5. The molecule has 0 amide bonds. The molecule has 158 valence electrons. The summed E-state index contributed by atoms with van der Waals surface area (Å²) in [5.41, 5.74) is 5.42. The van der Waals surface area contributed by atoms with Crippen LogP contribution in [0.1, 0.15) is 47.3 Å². The molecule has 4 aromatic rings. The second-order valence-corrected chi connectivity index (χ2v) is 8.46. The topological polar surface area (TPSA) is 85.8 Å². The summed E-state index contributed by atoms with van der Waals surface area (Å²) in [5.74, 6) is 0.546. The molecule has 0 unspecified atom stereocenters. The molecule has 0 radical (unpaired) electrons. The highest BCUT2D eigenvalue weighted by Crippen LogP contribution is 2.43. The highest BCUT2D eigenvalue weighted by Gasteiger charge is 2.27. The SMILES string of the molecule is C[C@H](O)Cn1cc(-c2cccc(C(=O)Cc3cc4cnn(C)c4cc3C3CC3)n2)cn1. The van der Waals surface area contributed by atoms with Crippen LogP contribution in [0, 0.1) is 0 Å². The van der Waals surface area contributed by atoms with Crippen molar-refractivity contribution < 1.29 is 9.90 Å². The van der Waals surface area contributed by atoms with E-state index in [1.807, 2.05) is 36.3 Å². The molecule has 3 heterocycles. The van der Waals surface area contributed by atoms with Crippen molar-refractivity contribution in [2.45, 2.75) is 44.8 Å². The van der Waals surface area contributed by atoms with Gasteiger partial charge in [0.2, 0.25) is 0 Å². The van der Waals surface area contributed by atoms with Crippen LogP contribution in [-0.2, 0) is 20.0 Å². The van der Waals surface area contributed by atoms with Crippen molar-refractivity contribution in [1.82, 2.24) is 24.5 Å². The minimum Gasteiger partial charge on any atom is -0.391 e. The van der Waals surface area contributed by atoms with Gasteiger partial charge in [0, 0.05) is 30.6 Å². The molecule has 0 aliphatic heterocycles. The molecular weight excluding hydrogens is 390 g/mol. The summed E-state index contributed by atoms with van der Waals surface area (Å²) in [4.78, 5) is 17.8. The smallest absolute Gasteiger partial charge is 0.185 e. The lowest BCUT2D eigenvalue weighted by Gasteiger charge is -2.10. The summed E-state index contributed by atoms with van der Waals surface area (Å²) >= 11 is 0. The summed E-state index contributed by atoms with van der Waals surface area (Å²) in [6.45, 7) is 2.14. The lowest BCUT2D eigenvalue weighted by Crippen LogP contribution is -2.11. The maximum absolute atomic E-state index is 13.1. The van der Waals surface area contributed by atoms with Gasteiger partial charge in [-0.2, -0.15) is 10.2 Å². The average Bonchev–Trinajstić information content (AvgIpc) is 3.39. The Balaban J connectivity index is 1.42. The number of pyridine rings is 1. The number of nitrogens with zero attached hydrogens (tertiary/aromatic N) is 5. The first-order valence-electron chi connectivity index (χ1n) is 10.6. The number of fused-ring (bicyclic) bond motifs is 1. The molecule has 3 aromatic heterocycles. The number of aromatic nitrogens is 5. The Kier molecular flexibility index (Phi) is 4.90. The summed E-state index contributed by atoms with van der Waals surface area (Å²) in [6.07, 6.45) is 7.60. The number of Topliss-reactive ketones (excluding diaryl/α,β-unsaturated/α-hetero) is 1. The molecular formula is C24H25N5O2. The van der Waals surface area contributed by atoms with E-state index in [1.54, 1.807) is 23.9 Å². The quantitative estimate of drug-likeness (QED) is 0.467. The van der Waals surface area contributed by atoms with E-state index in [-0.39, 0.29) is 5.78 Å². The number of rotatable bonds is 7. The standard InChI is InChI=1S/C24H25N5O2/c1-15(30)13-29-14-19(12-26-29)21-4-3-5-22(27-21)24(31)9-17-8-18-11-25-28(2)23(18)10-20(17)16-6-7-16/h3-5,8,10-12,14-16,30H,6-7,9,13H2,1-2H3/t15-/m0/s1. The number of hydrogen-bond donors (Lipinski definition) is 1.